The molecule has 2 unspecified atom stereocenters. The number of nitrogens with zero attached hydrogens (tertiary/aromatic N) is 4. The van der Waals surface area contributed by atoms with Crippen LogP contribution in [0.3, 0.4) is 0 Å². The fourth-order valence-corrected chi connectivity index (χ4v) is 7.87. The number of hydrogen-bond donors (Lipinski definition) is 4. The van der Waals surface area contributed by atoms with E-state index in [0.29, 0.717) is 23.8 Å². The zero-order valence-electron chi connectivity index (χ0n) is 30.9. The SMILES string of the molecule is Cn1cc(CC(N)C(=O)O)c2c(C3CC3)ccc([N+](=O)[O-])c21.Cn1cc(CC(N)C(=O)O)c2c(C3CC3)cccc21.Cn1ccc2c(C3CC3)cccc21. The van der Waals surface area contributed by atoms with Gasteiger partial charge in [-0.2, -0.15) is 0 Å². The van der Waals surface area contributed by atoms with E-state index < -0.39 is 28.9 Å². The Hall–Kier alpha value is -5.46. The number of nitrogens with two attached hydrogens (primary N) is 2. The number of benzene rings is 3. The molecule has 0 aliphatic heterocycles. The van der Waals surface area contributed by atoms with Gasteiger partial charge in [0.2, 0.25) is 0 Å². The van der Waals surface area contributed by atoms with E-state index in [1.165, 1.54) is 53.6 Å². The zero-order chi connectivity index (χ0) is 38.4. The number of aromatic nitrogens is 3. The van der Waals surface area contributed by atoms with Gasteiger partial charge in [-0.05, 0) is 102 Å². The van der Waals surface area contributed by atoms with Crippen molar-refractivity contribution in [1.29, 1.82) is 0 Å². The molecule has 3 heterocycles. The molecule has 3 aromatic heterocycles. The number of rotatable bonds is 10. The number of hydrogen-bond acceptors (Lipinski definition) is 6. The van der Waals surface area contributed by atoms with Crippen LogP contribution in [-0.2, 0) is 43.6 Å². The average Bonchev–Trinajstić information content (AvgIpc) is 4.04. The molecular formula is C42H48N6O6. The van der Waals surface area contributed by atoms with E-state index in [4.69, 9.17) is 21.7 Å². The molecule has 0 spiro atoms. The predicted molar refractivity (Wildman–Crippen MR) is 210 cm³/mol. The van der Waals surface area contributed by atoms with E-state index in [0.717, 1.165) is 46.4 Å². The number of carboxylic acid groups (broad SMARTS) is 2. The molecule has 3 saturated carbocycles. The van der Waals surface area contributed by atoms with Crippen LogP contribution in [0.15, 0.2) is 73.2 Å². The quantitative estimate of drug-likeness (QED) is 0.0858. The molecule has 0 amide bonds. The Labute approximate surface area is 313 Å². The van der Waals surface area contributed by atoms with Crippen molar-refractivity contribution in [3.05, 3.63) is 111 Å². The lowest BCUT2D eigenvalue weighted by Gasteiger charge is -2.08. The van der Waals surface area contributed by atoms with Gasteiger partial charge in [-0.3, -0.25) is 19.7 Å². The minimum atomic E-state index is -1.07. The maximum atomic E-state index is 11.3. The molecular weight excluding hydrogens is 684 g/mol. The second-order valence-corrected chi connectivity index (χ2v) is 15.3. The molecule has 3 fully saturated rings. The summed E-state index contributed by atoms with van der Waals surface area (Å²) in [7, 11) is 5.84. The summed E-state index contributed by atoms with van der Waals surface area (Å²) in [6.45, 7) is 0. The molecule has 3 aromatic carbocycles. The minimum Gasteiger partial charge on any atom is -0.480 e. The standard InChI is InChI=1S/C15H17N3O4.C15H18N2O2.C12H13N/c1-17-7-9(6-11(16)15(19)20)13-10(8-2-3-8)4-5-12(14(13)17)18(21)22;1-17-8-10(7-12(16)15(18)19)14-11(9-5-6-9)3-2-4-13(14)17;1-13-8-7-11-10(9-5-6-9)3-2-4-12(11)13/h4-5,7-8,11H,2-3,6,16H2,1H3,(H,19,20);2-4,8-9,12H,5-7,16H2,1H3,(H,18,19);2-4,7-9H,5-6H2,1H3. The summed E-state index contributed by atoms with van der Waals surface area (Å²) in [4.78, 5) is 32.8. The first-order valence-corrected chi connectivity index (χ1v) is 18.7. The Morgan fingerprint density at radius 2 is 1.20 bits per heavy atom. The van der Waals surface area contributed by atoms with E-state index in [-0.39, 0.29) is 12.1 Å². The number of aliphatic carboxylic acids is 2. The highest BCUT2D eigenvalue weighted by Gasteiger charge is 2.31. The van der Waals surface area contributed by atoms with Gasteiger partial charge in [0.05, 0.1) is 4.92 Å². The Balaban J connectivity index is 0.000000129. The van der Waals surface area contributed by atoms with Crippen LogP contribution < -0.4 is 11.5 Å². The third kappa shape index (κ3) is 7.49. The number of carboxylic acids is 2. The van der Waals surface area contributed by atoms with Crippen molar-refractivity contribution in [1.82, 2.24) is 13.7 Å². The smallest absolute Gasteiger partial charge is 0.320 e. The summed E-state index contributed by atoms with van der Waals surface area (Å²) >= 11 is 0. The van der Waals surface area contributed by atoms with Crippen molar-refractivity contribution in [3.8, 4) is 0 Å². The predicted octanol–water partition coefficient (Wildman–Crippen LogP) is 6.98. The Morgan fingerprint density at radius 1 is 0.704 bits per heavy atom. The van der Waals surface area contributed by atoms with E-state index in [1.54, 1.807) is 29.4 Å². The van der Waals surface area contributed by atoms with Crippen LogP contribution in [-0.4, -0.2) is 52.9 Å². The molecule has 0 saturated heterocycles. The van der Waals surface area contributed by atoms with Gasteiger partial charge in [-0.25, -0.2) is 0 Å². The van der Waals surface area contributed by atoms with Crippen molar-refractivity contribution in [2.75, 3.05) is 0 Å². The highest BCUT2D eigenvalue weighted by molar-refractivity contribution is 5.95. The molecule has 9 rings (SSSR count). The maximum absolute atomic E-state index is 11.3. The number of carbonyl (C=O) groups is 2. The number of non-ortho nitro benzene ring substituents is 1. The molecule has 3 aliphatic rings. The molecule has 54 heavy (non-hydrogen) atoms. The monoisotopic (exact) mass is 732 g/mol. The minimum absolute atomic E-state index is 0.0389. The largest absolute Gasteiger partial charge is 0.480 e. The molecule has 12 nitrogen and oxygen atoms in total. The highest BCUT2D eigenvalue weighted by atomic mass is 16.6. The van der Waals surface area contributed by atoms with Gasteiger partial charge in [0.1, 0.15) is 17.6 Å². The summed E-state index contributed by atoms with van der Waals surface area (Å²) in [5, 5.41) is 32.7. The van der Waals surface area contributed by atoms with Crippen LogP contribution in [0.4, 0.5) is 5.69 Å². The summed E-state index contributed by atoms with van der Waals surface area (Å²) in [6, 6.07) is 16.7. The van der Waals surface area contributed by atoms with Gasteiger partial charge in [-0.15, -0.1) is 0 Å². The topological polar surface area (TPSA) is 185 Å². The Bertz CT molecular complexity index is 2390. The number of fused-ring (bicyclic) bond motifs is 3. The number of nitro groups is 1. The second kappa shape index (κ2) is 14.8. The Morgan fingerprint density at radius 3 is 1.76 bits per heavy atom. The van der Waals surface area contributed by atoms with Crippen LogP contribution in [0.5, 0.6) is 0 Å². The van der Waals surface area contributed by atoms with Crippen molar-refractivity contribution in [3.63, 3.8) is 0 Å². The van der Waals surface area contributed by atoms with Crippen molar-refractivity contribution in [2.24, 2.45) is 32.6 Å². The van der Waals surface area contributed by atoms with Gasteiger partial charge >= 0.3 is 11.9 Å². The summed E-state index contributed by atoms with van der Waals surface area (Å²) < 4.78 is 5.95. The highest BCUT2D eigenvalue weighted by Crippen LogP contribution is 2.47. The summed E-state index contributed by atoms with van der Waals surface area (Å²) in [6.07, 6.45) is 13.8. The second-order valence-electron chi connectivity index (χ2n) is 15.3. The van der Waals surface area contributed by atoms with Crippen LogP contribution in [0.25, 0.3) is 32.7 Å². The van der Waals surface area contributed by atoms with Crippen molar-refractivity contribution < 1.29 is 24.7 Å². The van der Waals surface area contributed by atoms with Crippen LogP contribution in [0, 0.1) is 10.1 Å². The average molecular weight is 733 g/mol. The first-order chi connectivity index (χ1) is 25.8. The van der Waals surface area contributed by atoms with Gasteiger partial charge < -0.3 is 35.4 Å². The molecule has 6 N–H and O–H groups in total. The van der Waals surface area contributed by atoms with Crippen LogP contribution in [0.1, 0.15) is 84.1 Å². The third-order valence-corrected chi connectivity index (χ3v) is 11.1. The molecule has 0 bridgehead atoms. The summed E-state index contributed by atoms with van der Waals surface area (Å²) in [5.74, 6) is -0.112. The van der Waals surface area contributed by atoms with Gasteiger partial charge in [0.25, 0.3) is 5.69 Å². The number of nitro benzene ring substituents is 1. The van der Waals surface area contributed by atoms with E-state index in [9.17, 15) is 19.7 Å². The lowest BCUT2D eigenvalue weighted by molar-refractivity contribution is -0.383. The zero-order valence-corrected chi connectivity index (χ0v) is 30.9. The van der Waals surface area contributed by atoms with E-state index >= 15 is 0 Å². The molecule has 12 heteroatoms. The molecule has 0 radical (unpaired) electrons. The van der Waals surface area contributed by atoms with Crippen LogP contribution >= 0.6 is 0 Å². The van der Waals surface area contributed by atoms with Gasteiger partial charge in [0, 0.05) is 85.8 Å². The van der Waals surface area contributed by atoms with E-state index in [1.807, 2.05) is 13.2 Å². The first-order valence-electron chi connectivity index (χ1n) is 18.7. The first kappa shape index (κ1) is 36.9. The van der Waals surface area contributed by atoms with Gasteiger partial charge in [-0.1, -0.05) is 30.3 Å². The fourth-order valence-electron chi connectivity index (χ4n) is 7.87. The van der Waals surface area contributed by atoms with Gasteiger partial charge in [0.15, 0.2) is 0 Å². The number of aryl methyl sites for hydroxylation is 3. The molecule has 6 aromatic rings. The van der Waals surface area contributed by atoms with Crippen molar-refractivity contribution >= 4 is 50.3 Å². The lowest BCUT2D eigenvalue weighted by atomic mass is 9.98. The normalized spacial score (nSPS) is 16.4. The molecule has 2 atom stereocenters. The van der Waals surface area contributed by atoms with E-state index in [2.05, 4.69) is 64.8 Å². The van der Waals surface area contributed by atoms with Crippen molar-refractivity contribution in [2.45, 2.75) is 81.2 Å². The third-order valence-electron chi connectivity index (χ3n) is 11.1. The summed E-state index contributed by atoms with van der Waals surface area (Å²) in [5.41, 5.74) is 20.2. The molecule has 3 aliphatic carbocycles. The maximum Gasteiger partial charge on any atom is 0.320 e. The van der Waals surface area contributed by atoms with Crippen LogP contribution in [0.2, 0.25) is 0 Å². The fraction of sp³-hybridized carbons (Fsp3) is 0.381. The molecule has 282 valence electrons. The lowest BCUT2D eigenvalue weighted by Crippen LogP contribution is -2.32. The Kier molecular flexibility index (Phi) is 10.1.